The van der Waals surface area contributed by atoms with E-state index in [1.807, 2.05) is 24.3 Å². The van der Waals surface area contributed by atoms with Gasteiger partial charge in [0, 0.05) is 18.2 Å². The van der Waals surface area contributed by atoms with Crippen molar-refractivity contribution in [3.8, 4) is 0 Å². The van der Waals surface area contributed by atoms with E-state index in [1.54, 1.807) is 17.6 Å². The molecular formula is C16H17N3O2. The molecule has 21 heavy (non-hydrogen) atoms. The van der Waals surface area contributed by atoms with Crippen molar-refractivity contribution in [3.63, 3.8) is 0 Å². The van der Waals surface area contributed by atoms with E-state index >= 15 is 0 Å². The smallest absolute Gasteiger partial charge is 0.274 e. The molecule has 2 aromatic carbocycles. The molecule has 0 aromatic heterocycles. The van der Waals surface area contributed by atoms with E-state index in [2.05, 4.69) is 22.8 Å². The molecule has 0 spiro atoms. The van der Waals surface area contributed by atoms with Crippen molar-refractivity contribution in [2.24, 2.45) is 0 Å². The fourth-order valence-electron chi connectivity index (χ4n) is 2.53. The van der Waals surface area contributed by atoms with Crippen molar-refractivity contribution in [2.45, 2.75) is 12.5 Å². The first-order chi connectivity index (χ1) is 10.3. The molecule has 3 rings (SSSR count). The number of rotatable bonds is 3. The third-order valence-electron chi connectivity index (χ3n) is 3.63. The molecule has 1 aliphatic rings. The first-order valence-corrected chi connectivity index (χ1v) is 6.89. The standard InChI is InChI=1S/C16H17N3O2/c20-16(19-21)12-7-5-11(6-8-12)9-13-10-17-14-3-1-2-4-15(14)18-13/h1-8,13,17-18,21H,9-10H2,(H,19,20). The number of para-hydroxylation sites is 2. The number of hydrogen-bond acceptors (Lipinski definition) is 4. The second-order valence-corrected chi connectivity index (χ2v) is 5.11. The van der Waals surface area contributed by atoms with Crippen LogP contribution in [0.3, 0.4) is 0 Å². The first kappa shape index (κ1) is 13.5. The number of fused-ring (bicyclic) bond motifs is 1. The van der Waals surface area contributed by atoms with Crippen LogP contribution in [-0.4, -0.2) is 23.7 Å². The van der Waals surface area contributed by atoms with E-state index in [-0.39, 0.29) is 0 Å². The molecule has 0 radical (unpaired) electrons. The molecule has 5 nitrogen and oxygen atoms in total. The molecule has 0 saturated carbocycles. The Kier molecular flexibility index (Phi) is 3.75. The van der Waals surface area contributed by atoms with Crippen LogP contribution in [0, 0.1) is 0 Å². The predicted octanol–water partition coefficient (Wildman–Crippen LogP) is 2.25. The molecule has 5 heteroatoms. The molecule has 1 atom stereocenters. The summed E-state index contributed by atoms with van der Waals surface area (Å²) >= 11 is 0. The molecule has 1 amide bonds. The highest BCUT2D eigenvalue weighted by Crippen LogP contribution is 2.26. The van der Waals surface area contributed by atoms with Gasteiger partial charge in [0.15, 0.2) is 0 Å². The lowest BCUT2D eigenvalue weighted by atomic mass is 10.0. The van der Waals surface area contributed by atoms with E-state index in [1.165, 1.54) is 0 Å². The largest absolute Gasteiger partial charge is 0.381 e. The van der Waals surface area contributed by atoms with E-state index in [9.17, 15) is 4.79 Å². The lowest BCUT2D eigenvalue weighted by Crippen LogP contribution is -2.34. The maximum absolute atomic E-state index is 11.3. The topological polar surface area (TPSA) is 73.4 Å². The molecule has 4 N–H and O–H groups in total. The van der Waals surface area contributed by atoms with Crippen molar-refractivity contribution in [2.75, 3.05) is 17.2 Å². The quantitative estimate of drug-likeness (QED) is 0.515. The Morgan fingerprint density at radius 2 is 1.86 bits per heavy atom. The summed E-state index contributed by atoms with van der Waals surface area (Å²) < 4.78 is 0. The molecule has 2 aromatic rings. The highest BCUT2D eigenvalue weighted by atomic mass is 16.5. The number of carbonyl (C=O) groups excluding carboxylic acids is 1. The fourth-order valence-corrected chi connectivity index (χ4v) is 2.53. The molecular weight excluding hydrogens is 266 g/mol. The van der Waals surface area contributed by atoms with Crippen LogP contribution < -0.4 is 16.1 Å². The Hall–Kier alpha value is -2.53. The third kappa shape index (κ3) is 2.98. The Labute approximate surface area is 123 Å². The van der Waals surface area contributed by atoms with E-state index in [0.29, 0.717) is 11.6 Å². The SMILES string of the molecule is O=C(NO)c1ccc(CC2CNc3ccccc3N2)cc1. The maximum atomic E-state index is 11.3. The summed E-state index contributed by atoms with van der Waals surface area (Å²) in [5, 5.41) is 15.5. The maximum Gasteiger partial charge on any atom is 0.274 e. The van der Waals surface area contributed by atoms with E-state index < -0.39 is 5.91 Å². The molecule has 108 valence electrons. The normalized spacial score (nSPS) is 16.3. The average molecular weight is 283 g/mol. The minimum atomic E-state index is -0.493. The molecule has 0 saturated heterocycles. The minimum Gasteiger partial charge on any atom is -0.381 e. The number of anilines is 2. The highest BCUT2D eigenvalue weighted by molar-refractivity contribution is 5.93. The van der Waals surface area contributed by atoms with Gasteiger partial charge in [0.1, 0.15) is 0 Å². The van der Waals surface area contributed by atoms with Gasteiger partial charge < -0.3 is 10.6 Å². The van der Waals surface area contributed by atoms with Gasteiger partial charge in [-0.1, -0.05) is 24.3 Å². The van der Waals surface area contributed by atoms with Crippen molar-refractivity contribution in [3.05, 3.63) is 59.7 Å². The van der Waals surface area contributed by atoms with Gasteiger partial charge in [0.05, 0.1) is 11.4 Å². The summed E-state index contributed by atoms with van der Waals surface area (Å²) in [6.07, 6.45) is 0.863. The Morgan fingerprint density at radius 3 is 2.57 bits per heavy atom. The van der Waals surface area contributed by atoms with Gasteiger partial charge in [0.2, 0.25) is 0 Å². The van der Waals surface area contributed by atoms with Gasteiger partial charge in [-0.2, -0.15) is 0 Å². The van der Waals surface area contributed by atoms with E-state index in [0.717, 1.165) is 29.9 Å². The zero-order valence-electron chi connectivity index (χ0n) is 11.5. The Balaban J connectivity index is 1.66. The zero-order chi connectivity index (χ0) is 14.7. The average Bonchev–Trinajstić information content (AvgIpc) is 2.55. The number of carbonyl (C=O) groups is 1. The lowest BCUT2D eigenvalue weighted by molar-refractivity contribution is 0.0706. The van der Waals surface area contributed by atoms with Crippen LogP contribution >= 0.6 is 0 Å². The van der Waals surface area contributed by atoms with Gasteiger partial charge in [-0.25, -0.2) is 5.48 Å². The van der Waals surface area contributed by atoms with Gasteiger partial charge in [-0.05, 0) is 36.2 Å². The Morgan fingerprint density at radius 1 is 1.14 bits per heavy atom. The highest BCUT2D eigenvalue weighted by Gasteiger charge is 2.16. The predicted molar refractivity (Wildman–Crippen MR) is 81.7 cm³/mol. The van der Waals surface area contributed by atoms with Crippen LogP contribution in [-0.2, 0) is 6.42 Å². The summed E-state index contributed by atoms with van der Waals surface area (Å²) in [6.45, 7) is 0.857. The number of benzene rings is 2. The summed E-state index contributed by atoms with van der Waals surface area (Å²) in [5.41, 5.74) is 5.46. The fraction of sp³-hybridized carbons (Fsp3) is 0.188. The van der Waals surface area contributed by atoms with Gasteiger partial charge in [0.25, 0.3) is 5.91 Å². The van der Waals surface area contributed by atoms with Crippen LogP contribution in [0.25, 0.3) is 0 Å². The van der Waals surface area contributed by atoms with Crippen LogP contribution in [0.5, 0.6) is 0 Å². The van der Waals surface area contributed by atoms with Crippen LogP contribution in [0.15, 0.2) is 48.5 Å². The molecule has 1 aliphatic heterocycles. The number of hydroxylamine groups is 1. The monoisotopic (exact) mass is 283 g/mol. The first-order valence-electron chi connectivity index (χ1n) is 6.89. The van der Waals surface area contributed by atoms with Crippen molar-refractivity contribution in [1.82, 2.24) is 5.48 Å². The number of amides is 1. The zero-order valence-corrected chi connectivity index (χ0v) is 11.5. The van der Waals surface area contributed by atoms with Crippen molar-refractivity contribution in [1.29, 1.82) is 0 Å². The lowest BCUT2D eigenvalue weighted by Gasteiger charge is -2.28. The summed E-state index contributed by atoms with van der Waals surface area (Å²) in [6, 6.07) is 15.7. The van der Waals surface area contributed by atoms with Crippen LogP contribution in [0.4, 0.5) is 11.4 Å². The number of nitrogens with one attached hydrogen (secondary N) is 3. The van der Waals surface area contributed by atoms with Crippen LogP contribution in [0.1, 0.15) is 15.9 Å². The van der Waals surface area contributed by atoms with Gasteiger partial charge in [-0.3, -0.25) is 10.0 Å². The van der Waals surface area contributed by atoms with Crippen LogP contribution in [0.2, 0.25) is 0 Å². The number of hydrogen-bond donors (Lipinski definition) is 4. The van der Waals surface area contributed by atoms with Crippen molar-refractivity contribution >= 4 is 17.3 Å². The summed E-state index contributed by atoms with van der Waals surface area (Å²) in [4.78, 5) is 11.3. The molecule has 1 unspecified atom stereocenters. The van der Waals surface area contributed by atoms with Crippen molar-refractivity contribution < 1.29 is 10.0 Å². The minimum absolute atomic E-state index is 0.303. The Bertz CT molecular complexity index is 640. The summed E-state index contributed by atoms with van der Waals surface area (Å²) in [5.74, 6) is -0.493. The second kappa shape index (κ2) is 5.85. The van der Waals surface area contributed by atoms with E-state index in [4.69, 9.17) is 5.21 Å². The van der Waals surface area contributed by atoms with Gasteiger partial charge in [-0.15, -0.1) is 0 Å². The molecule has 0 aliphatic carbocycles. The van der Waals surface area contributed by atoms with Gasteiger partial charge >= 0.3 is 0 Å². The molecule has 0 fully saturated rings. The molecule has 0 bridgehead atoms. The molecule has 1 heterocycles. The second-order valence-electron chi connectivity index (χ2n) is 5.11. The summed E-state index contributed by atoms with van der Waals surface area (Å²) in [7, 11) is 0. The third-order valence-corrected chi connectivity index (χ3v) is 3.63.